The number of aliphatic carboxylic acids is 1. The van der Waals surface area contributed by atoms with Crippen molar-refractivity contribution >= 4 is 35.6 Å². The summed E-state index contributed by atoms with van der Waals surface area (Å²) in [6.07, 6.45) is 3.02. The smallest absolute Gasteiger partial charge is 0.322 e. The lowest BCUT2D eigenvalue weighted by atomic mass is 10.1. The quantitative estimate of drug-likeness (QED) is 0.0603. The highest BCUT2D eigenvalue weighted by atomic mass is 16.4. The first-order valence-corrected chi connectivity index (χ1v) is 10.7. The predicted octanol–water partition coefficient (Wildman–Crippen LogP) is -4.23. The molecule has 1 heterocycles. The summed E-state index contributed by atoms with van der Waals surface area (Å²) in [5.74, 6) is -4.37. The Morgan fingerprint density at radius 1 is 1.03 bits per heavy atom. The molecule has 0 spiro atoms. The van der Waals surface area contributed by atoms with Gasteiger partial charge in [-0.2, -0.15) is 0 Å². The van der Waals surface area contributed by atoms with E-state index >= 15 is 0 Å². The Kier molecular flexibility index (Phi) is 12.2. The molecule has 3 unspecified atom stereocenters. The fourth-order valence-electron chi connectivity index (χ4n) is 2.89. The molecule has 0 saturated carbocycles. The number of primary amides is 1. The Labute approximate surface area is 200 Å². The summed E-state index contributed by atoms with van der Waals surface area (Å²) >= 11 is 0. The molecular weight excluding hydrogens is 464 g/mol. The molecular formula is C19H32N10O6. The van der Waals surface area contributed by atoms with Crippen molar-refractivity contribution in [3.63, 3.8) is 0 Å². The maximum atomic E-state index is 13.0. The molecule has 0 radical (unpaired) electrons. The molecule has 194 valence electrons. The Morgan fingerprint density at radius 3 is 2.26 bits per heavy atom. The first-order valence-electron chi connectivity index (χ1n) is 10.7. The molecule has 0 bridgehead atoms. The van der Waals surface area contributed by atoms with Crippen molar-refractivity contribution in [1.29, 1.82) is 0 Å². The summed E-state index contributed by atoms with van der Waals surface area (Å²) in [5, 5.41) is 15.9. The van der Waals surface area contributed by atoms with Crippen LogP contribution >= 0.6 is 0 Å². The number of carbonyl (C=O) groups is 5. The van der Waals surface area contributed by atoms with Crippen LogP contribution in [0.5, 0.6) is 0 Å². The highest BCUT2D eigenvalue weighted by Gasteiger charge is 2.28. The van der Waals surface area contributed by atoms with E-state index < -0.39 is 54.3 Å². The van der Waals surface area contributed by atoms with E-state index in [4.69, 9.17) is 28.0 Å². The number of carboxylic acid groups (broad SMARTS) is 1. The summed E-state index contributed by atoms with van der Waals surface area (Å²) in [7, 11) is 0. The van der Waals surface area contributed by atoms with Crippen LogP contribution in [0.15, 0.2) is 17.5 Å². The minimum absolute atomic E-state index is 0.0877. The second kappa shape index (κ2) is 14.8. The number of carboxylic acids is 1. The van der Waals surface area contributed by atoms with Gasteiger partial charge in [0.25, 0.3) is 0 Å². The molecule has 0 aliphatic carbocycles. The zero-order valence-electron chi connectivity index (χ0n) is 19.0. The number of carbonyl (C=O) groups excluding carboxylic acids is 4. The second-order valence-electron chi connectivity index (χ2n) is 7.58. The molecule has 1 rings (SSSR count). The average molecular weight is 497 g/mol. The van der Waals surface area contributed by atoms with Crippen LogP contribution in [0.3, 0.4) is 0 Å². The number of H-pyrrole nitrogens is 1. The van der Waals surface area contributed by atoms with Crippen LogP contribution in [0.2, 0.25) is 0 Å². The first kappa shape index (κ1) is 28.8. The molecule has 0 aliphatic rings. The molecule has 1 aromatic heterocycles. The number of imidazole rings is 1. The van der Waals surface area contributed by atoms with Crippen LogP contribution in [0.1, 0.15) is 31.4 Å². The highest BCUT2D eigenvalue weighted by molar-refractivity contribution is 5.94. The highest BCUT2D eigenvalue weighted by Crippen LogP contribution is 2.05. The van der Waals surface area contributed by atoms with Crippen molar-refractivity contribution in [2.24, 2.45) is 27.9 Å². The van der Waals surface area contributed by atoms with Gasteiger partial charge >= 0.3 is 5.97 Å². The van der Waals surface area contributed by atoms with Gasteiger partial charge in [-0.15, -0.1) is 0 Å². The van der Waals surface area contributed by atoms with E-state index in [2.05, 4.69) is 30.9 Å². The van der Waals surface area contributed by atoms with Gasteiger partial charge in [-0.1, -0.05) is 0 Å². The number of nitrogens with one attached hydrogen (secondary N) is 4. The largest absolute Gasteiger partial charge is 0.480 e. The number of amides is 4. The van der Waals surface area contributed by atoms with Crippen molar-refractivity contribution in [1.82, 2.24) is 25.9 Å². The molecule has 0 aromatic carbocycles. The van der Waals surface area contributed by atoms with Crippen LogP contribution in [-0.2, 0) is 30.4 Å². The fraction of sp³-hybridized carbons (Fsp3) is 0.526. The normalized spacial score (nSPS) is 13.1. The summed E-state index contributed by atoms with van der Waals surface area (Å²) in [6.45, 7) is -0.519. The third-order valence-electron chi connectivity index (χ3n) is 4.64. The minimum atomic E-state index is -1.30. The molecule has 16 heteroatoms. The maximum absolute atomic E-state index is 13.0. The lowest BCUT2D eigenvalue weighted by Crippen LogP contribution is -2.56. The summed E-state index contributed by atoms with van der Waals surface area (Å²) in [5.41, 5.74) is 22.3. The zero-order chi connectivity index (χ0) is 26.4. The molecule has 4 amide bonds. The monoisotopic (exact) mass is 496 g/mol. The van der Waals surface area contributed by atoms with Crippen molar-refractivity contribution in [3.8, 4) is 0 Å². The number of hydrogen-bond donors (Lipinski definition) is 9. The van der Waals surface area contributed by atoms with Crippen molar-refractivity contribution in [2.45, 2.75) is 50.2 Å². The van der Waals surface area contributed by atoms with Crippen LogP contribution in [0, 0.1) is 0 Å². The Morgan fingerprint density at radius 2 is 1.69 bits per heavy atom. The SMILES string of the molecule is NC(=O)CCC(NC(=O)C(CCCN=C(N)N)NC(=O)C(N)Cc1cnc[nH]1)C(=O)NCC(=O)O. The standard InChI is InChI=1S/C19H32N10O6/c20-11(6-10-7-24-9-27-10)16(33)28-12(2-1-5-25-19(22)23)18(35)29-13(3-4-14(21)30)17(34)26-8-15(31)32/h7,9,11-13H,1-6,8,20H2,(H2,21,30)(H,24,27)(H,26,34)(H,28,33)(H,29,35)(H,31,32)(H4,22,23,25). The molecule has 35 heavy (non-hydrogen) atoms. The Bertz CT molecular complexity index is 900. The maximum Gasteiger partial charge on any atom is 0.322 e. The van der Waals surface area contributed by atoms with E-state index in [1.165, 1.54) is 12.5 Å². The lowest BCUT2D eigenvalue weighted by Gasteiger charge is -2.24. The first-order chi connectivity index (χ1) is 16.5. The average Bonchev–Trinajstić information content (AvgIpc) is 3.29. The van der Waals surface area contributed by atoms with E-state index in [-0.39, 0.29) is 38.2 Å². The van der Waals surface area contributed by atoms with E-state index in [9.17, 15) is 24.0 Å². The van der Waals surface area contributed by atoms with Crippen molar-refractivity contribution < 1.29 is 29.1 Å². The molecule has 0 aliphatic heterocycles. The summed E-state index contributed by atoms with van der Waals surface area (Å²) in [6, 6.07) is -3.41. The molecule has 16 nitrogen and oxygen atoms in total. The number of aromatic amines is 1. The van der Waals surface area contributed by atoms with Crippen molar-refractivity contribution in [3.05, 3.63) is 18.2 Å². The topological polar surface area (TPSA) is 287 Å². The zero-order valence-corrected chi connectivity index (χ0v) is 19.0. The van der Waals surface area contributed by atoms with E-state index in [0.29, 0.717) is 12.1 Å². The lowest BCUT2D eigenvalue weighted by molar-refractivity contribution is -0.138. The summed E-state index contributed by atoms with van der Waals surface area (Å²) < 4.78 is 0. The third-order valence-corrected chi connectivity index (χ3v) is 4.64. The van der Waals surface area contributed by atoms with E-state index in [0.717, 1.165) is 0 Å². The second-order valence-corrected chi connectivity index (χ2v) is 7.58. The van der Waals surface area contributed by atoms with Gasteiger partial charge in [0.2, 0.25) is 23.6 Å². The van der Waals surface area contributed by atoms with Crippen LogP contribution in [0.25, 0.3) is 0 Å². The van der Waals surface area contributed by atoms with E-state index in [1.807, 2.05) is 0 Å². The number of guanidine groups is 1. The van der Waals surface area contributed by atoms with Crippen LogP contribution in [0.4, 0.5) is 0 Å². The molecule has 0 saturated heterocycles. The van der Waals surface area contributed by atoms with Gasteiger partial charge in [0, 0.05) is 31.3 Å². The number of aliphatic imine (C=N–C) groups is 1. The fourth-order valence-corrected chi connectivity index (χ4v) is 2.89. The minimum Gasteiger partial charge on any atom is -0.480 e. The summed E-state index contributed by atoms with van der Waals surface area (Å²) in [4.78, 5) is 70.3. The van der Waals surface area contributed by atoms with Gasteiger partial charge < -0.3 is 49.0 Å². The molecule has 1 aromatic rings. The molecule has 0 fully saturated rings. The van der Waals surface area contributed by atoms with Crippen LogP contribution < -0.4 is 38.9 Å². The number of aromatic nitrogens is 2. The van der Waals surface area contributed by atoms with Gasteiger partial charge in [-0.05, 0) is 19.3 Å². The number of nitrogens with zero attached hydrogens (tertiary/aromatic N) is 2. The third kappa shape index (κ3) is 12.0. The number of rotatable bonds is 16. The van der Waals surface area contributed by atoms with Crippen molar-refractivity contribution in [2.75, 3.05) is 13.1 Å². The number of nitrogens with two attached hydrogens (primary N) is 4. The Hall–Kier alpha value is -4.21. The van der Waals surface area contributed by atoms with Gasteiger partial charge in [0.05, 0.1) is 12.4 Å². The predicted molar refractivity (Wildman–Crippen MR) is 123 cm³/mol. The van der Waals surface area contributed by atoms with Gasteiger partial charge in [-0.3, -0.25) is 29.0 Å². The number of hydrogen-bond acceptors (Lipinski definition) is 8. The van der Waals surface area contributed by atoms with Gasteiger partial charge in [-0.25, -0.2) is 4.98 Å². The molecule has 13 N–H and O–H groups in total. The van der Waals surface area contributed by atoms with Gasteiger partial charge in [0.15, 0.2) is 5.96 Å². The van der Waals surface area contributed by atoms with Crippen LogP contribution in [-0.4, -0.2) is 81.8 Å². The van der Waals surface area contributed by atoms with E-state index in [1.54, 1.807) is 0 Å². The molecule has 3 atom stereocenters. The Balaban J connectivity index is 2.92. The van der Waals surface area contributed by atoms with Gasteiger partial charge in [0.1, 0.15) is 18.6 Å².